The average molecular weight is 453 g/mol. The number of anilines is 1. The van der Waals surface area contributed by atoms with E-state index in [1.807, 2.05) is 12.1 Å². The number of sulfonamides is 1. The maximum Gasteiger partial charge on any atom is 0.261 e. The first-order valence-corrected chi connectivity index (χ1v) is 10.7. The second-order valence-corrected chi connectivity index (χ2v) is 8.98. The Labute approximate surface area is 176 Å². The highest BCUT2D eigenvalue weighted by Crippen LogP contribution is 2.31. The van der Waals surface area contributed by atoms with Gasteiger partial charge < -0.3 is 4.42 Å². The molecule has 0 radical (unpaired) electrons. The van der Waals surface area contributed by atoms with Crippen LogP contribution in [0.5, 0.6) is 0 Å². The van der Waals surface area contributed by atoms with Crippen LogP contribution in [0.15, 0.2) is 76.0 Å². The Morgan fingerprint density at radius 1 is 0.786 bits per heavy atom. The summed E-state index contributed by atoms with van der Waals surface area (Å²) in [5.41, 5.74) is 1.95. The summed E-state index contributed by atoms with van der Waals surface area (Å²) < 4.78 is 33.4. The minimum absolute atomic E-state index is 0.0279. The summed E-state index contributed by atoms with van der Waals surface area (Å²) in [6.45, 7) is 0. The molecular formula is C20H12Cl3NO3S. The molecule has 0 aliphatic rings. The fourth-order valence-electron chi connectivity index (χ4n) is 2.72. The van der Waals surface area contributed by atoms with E-state index in [1.165, 1.54) is 18.2 Å². The molecule has 28 heavy (non-hydrogen) atoms. The summed E-state index contributed by atoms with van der Waals surface area (Å²) in [6, 6.07) is 18.3. The van der Waals surface area contributed by atoms with E-state index in [9.17, 15) is 8.42 Å². The standard InChI is InChI=1S/C20H12Cl3NO3S/c21-14-3-8-19-13(9-14)10-20(27-19)12-1-4-15(5-2-12)24-28(25,26)16-6-7-17(22)18(23)11-16/h1-11,24H. The lowest BCUT2D eigenvalue weighted by Gasteiger charge is -2.09. The van der Waals surface area contributed by atoms with Crippen molar-refractivity contribution in [1.29, 1.82) is 0 Å². The average Bonchev–Trinajstić information content (AvgIpc) is 3.07. The largest absolute Gasteiger partial charge is 0.456 e. The molecule has 4 rings (SSSR count). The Morgan fingerprint density at radius 3 is 2.25 bits per heavy atom. The van der Waals surface area contributed by atoms with E-state index in [2.05, 4.69) is 4.72 Å². The lowest BCUT2D eigenvalue weighted by molar-refractivity contribution is 0.601. The maximum atomic E-state index is 12.5. The molecule has 1 aromatic heterocycles. The van der Waals surface area contributed by atoms with Crippen LogP contribution in [0.4, 0.5) is 5.69 Å². The summed E-state index contributed by atoms with van der Waals surface area (Å²) in [5.74, 6) is 0.663. The number of hydrogen-bond donors (Lipinski definition) is 1. The third-order valence-electron chi connectivity index (χ3n) is 4.10. The first-order valence-electron chi connectivity index (χ1n) is 8.09. The zero-order valence-electron chi connectivity index (χ0n) is 14.1. The first-order chi connectivity index (χ1) is 13.3. The molecule has 0 saturated carbocycles. The van der Waals surface area contributed by atoms with Gasteiger partial charge in [-0.2, -0.15) is 0 Å². The molecule has 0 fully saturated rings. The highest BCUT2D eigenvalue weighted by molar-refractivity contribution is 7.92. The molecule has 0 spiro atoms. The minimum atomic E-state index is -3.79. The highest BCUT2D eigenvalue weighted by Gasteiger charge is 2.16. The summed E-state index contributed by atoms with van der Waals surface area (Å²) in [7, 11) is -3.79. The zero-order valence-corrected chi connectivity index (χ0v) is 17.2. The molecule has 4 nitrogen and oxygen atoms in total. The minimum Gasteiger partial charge on any atom is -0.456 e. The van der Waals surface area contributed by atoms with E-state index in [0.29, 0.717) is 16.5 Å². The van der Waals surface area contributed by atoms with Crippen molar-refractivity contribution in [3.05, 3.63) is 81.8 Å². The molecule has 0 aliphatic heterocycles. The lowest BCUT2D eigenvalue weighted by Crippen LogP contribution is -2.12. The van der Waals surface area contributed by atoms with Gasteiger partial charge in [-0.05, 0) is 66.7 Å². The molecule has 0 amide bonds. The Morgan fingerprint density at radius 2 is 1.54 bits per heavy atom. The van der Waals surface area contributed by atoms with Crippen molar-refractivity contribution in [2.45, 2.75) is 4.90 Å². The molecule has 3 aromatic carbocycles. The number of fused-ring (bicyclic) bond motifs is 1. The van der Waals surface area contributed by atoms with Crippen molar-refractivity contribution in [2.75, 3.05) is 4.72 Å². The van der Waals surface area contributed by atoms with Crippen LogP contribution in [0.3, 0.4) is 0 Å². The number of nitrogens with one attached hydrogen (secondary N) is 1. The molecule has 0 unspecified atom stereocenters. The van der Waals surface area contributed by atoms with E-state index in [-0.39, 0.29) is 14.9 Å². The van der Waals surface area contributed by atoms with Crippen LogP contribution in [0.1, 0.15) is 0 Å². The summed E-state index contributed by atoms with van der Waals surface area (Å²) in [4.78, 5) is 0.0279. The van der Waals surface area contributed by atoms with Gasteiger partial charge in [0.05, 0.1) is 14.9 Å². The van der Waals surface area contributed by atoms with Gasteiger partial charge in [0.25, 0.3) is 10.0 Å². The van der Waals surface area contributed by atoms with Gasteiger partial charge in [-0.1, -0.05) is 34.8 Å². The van der Waals surface area contributed by atoms with Gasteiger partial charge in [-0.15, -0.1) is 0 Å². The Bertz CT molecular complexity index is 1280. The Kier molecular flexibility index (Phi) is 5.02. The first kappa shape index (κ1) is 19.2. The topological polar surface area (TPSA) is 59.3 Å². The van der Waals surface area contributed by atoms with Crippen LogP contribution in [0.25, 0.3) is 22.3 Å². The van der Waals surface area contributed by atoms with Crippen molar-refractivity contribution >= 4 is 61.5 Å². The van der Waals surface area contributed by atoms with Crippen molar-refractivity contribution in [3.63, 3.8) is 0 Å². The monoisotopic (exact) mass is 451 g/mol. The van der Waals surface area contributed by atoms with Crippen molar-refractivity contribution in [2.24, 2.45) is 0 Å². The molecule has 0 aliphatic carbocycles. The SMILES string of the molecule is O=S(=O)(Nc1ccc(-c2cc3cc(Cl)ccc3o2)cc1)c1ccc(Cl)c(Cl)c1. The molecule has 4 aromatic rings. The van der Waals surface area contributed by atoms with Crippen LogP contribution in [-0.2, 0) is 10.0 Å². The van der Waals surface area contributed by atoms with E-state index >= 15 is 0 Å². The third-order valence-corrected chi connectivity index (χ3v) is 6.45. The third kappa shape index (κ3) is 3.84. The maximum absolute atomic E-state index is 12.5. The fourth-order valence-corrected chi connectivity index (χ4v) is 4.34. The van der Waals surface area contributed by atoms with E-state index < -0.39 is 10.0 Å². The van der Waals surface area contributed by atoms with Crippen molar-refractivity contribution < 1.29 is 12.8 Å². The van der Waals surface area contributed by atoms with Crippen molar-refractivity contribution in [3.8, 4) is 11.3 Å². The summed E-state index contributed by atoms with van der Waals surface area (Å²) >= 11 is 17.8. The van der Waals surface area contributed by atoms with Gasteiger partial charge in [0.2, 0.25) is 0 Å². The predicted octanol–water partition coefficient (Wildman–Crippen LogP) is 6.86. The molecule has 1 N–H and O–H groups in total. The second kappa shape index (κ2) is 7.33. The fraction of sp³-hybridized carbons (Fsp3) is 0. The van der Waals surface area contributed by atoms with Gasteiger partial charge in [0.15, 0.2) is 0 Å². The molecule has 0 atom stereocenters. The van der Waals surface area contributed by atoms with Crippen LogP contribution in [-0.4, -0.2) is 8.42 Å². The number of hydrogen-bond acceptors (Lipinski definition) is 3. The summed E-state index contributed by atoms with van der Waals surface area (Å²) in [6.07, 6.45) is 0. The molecule has 1 heterocycles. The Balaban J connectivity index is 1.59. The van der Waals surface area contributed by atoms with Gasteiger partial charge in [0.1, 0.15) is 11.3 Å². The molecule has 0 bridgehead atoms. The van der Waals surface area contributed by atoms with Crippen LogP contribution in [0.2, 0.25) is 15.1 Å². The van der Waals surface area contributed by atoms with Gasteiger partial charge in [-0.25, -0.2) is 8.42 Å². The van der Waals surface area contributed by atoms with Crippen LogP contribution < -0.4 is 4.72 Å². The zero-order chi connectivity index (χ0) is 19.9. The normalized spacial score (nSPS) is 11.7. The van der Waals surface area contributed by atoms with Gasteiger partial charge in [0, 0.05) is 21.7 Å². The van der Waals surface area contributed by atoms with E-state index in [1.54, 1.807) is 36.4 Å². The molecule has 142 valence electrons. The molecule has 8 heteroatoms. The molecular weight excluding hydrogens is 441 g/mol. The van der Waals surface area contributed by atoms with E-state index in [4.69, 9.17) is 39.2 Å². The van der Waals surface area contributed by atoms with Crippen LogP contribution >= 0.6 is 34.8 Å². The lowest BCUT2D eigenvalue weighted by atomic mass is 10.1. The smallest absolute Gasteiger partial charge is 0.261 e. The van der Waals surface area contributed by atoms with E-state index in [0.717, 1.165) is 16.5 Å². The Hall–Kier alpha value is -2.18. The quantitative estimate of drug-likeness (QED) is 0.368. The second-order valence-electron chi connectivity index (χ2n) is 6.05. The van der Waals surface area contributed by atoms with Gasteiger partial charge >= 0.3 is 0 Å². The predicted molar refractivity (Wildman–Crippen MR) is 114 cm³/mol. The number of halogens is 3. The molecule has 0 saturated heterocycles. The van der Waals surface area contributed by atoms with Gasteiger partial charge in [-0.3, -0.25) is 4.72 Å². The van der Waals surface area contributed by atoms with Crippen molar-refractivity contribution in [1.82, 2.24) is 0 Å². The number of benzene rings is 3. The van der Waals surface area contributed by atoms with Crippen LogP contribution in [0, 0.1) is 0 Å². The number of furan rings is 1. The highest BCUT2D eigenvalue weighted by atomic mass is 35.5. The number of rotatable bonds is 4. The summed E-state index contributed by atoms with van der Waals surface area (Å²) in [5, 5.41) is 1.99.